The molecule has 2 rings (SSSR count). The largest absolute Gasteiger partial charge is 0.380 e. The van der Waals surface area contributed by atoms with Gasteiger partial charge in [0.15, 0.2) is 0 Å². The van der Waals surface area contributed by atoms with Crippen molar-refractivity contribution in [2.24, 2.45) is 0 Å². The summed E-state index contributed by atoms with van der Waals surface area (Å²) < 4.78 is 5.33. The van der Waals surface area contributed by atoms with Crippen molar-refractivity contribution < 1.29 is 4.74 Å². The van der Waals surface area contributed by atoms with Gasteiger partial charge in [-0.15, -0.1) is 0 Å². The van der Waals surface area contributed by atoms with E-state index in [0.717, 1.165) is 13.1 Å². The smallest absolute Gasteiger partial charge is 0.0733 e. The van der Waals surface area contributed by atoms with Gasteiger partial charge in [0.25, 0.3) is 0 Å². The molecule has 1 fully saturated rings. The fourth-order valence-electron chi connectivity index (χ4n) is 3.13. The Hall–Kier alpha value is -1.06. The van der Waals surface area contributed by atoms with Crippen LogP contribution in [0.15, 0.2) is 24.3 Å². The second kappa shape index (κ2) is 7.65. The highest BCUT2D eigenvalue weighted by Crippen LogP contribution is 2.28. The summed E-state index contributed by atoms with van der Waals surface area (Å²) >= 11 is 0. The number of ether oxygens (including phenoxy) is 1. The van der Waals surface area contributed by atoms with Crippen molar-refractivity contribution in [2.75, 3.05) is 25.1 Å². The SMILES string of the molecule is CCCNC1CCN(c2ccccc2COC)C(C)C1. The molecule has 3 nitrogen and oxygen atoms in total. The zero-order chi connectivity index (χ0) is 14.4. The molecule has 1 saturated heterocycles. The fourth-order valence-corrected chi connectivity index (χ4v) is 3.13. The molecule has 0 amide bonds. The Morgan fingerprint density at radius 1 is 1.35 bits per heavy atom. The predicted octanol–water partition coefficient (Wildman–Crippen LogP) is 3.19. The number of rotatable bonds is 6. The highest BCUT2D eigenvalue weighted by Gasteiger charge is 2.26. The van der Waals surface area contributed by atoms with E-state index in [9.17, 15) is 0 Å². The monoisotopic (exact) mass is 276 g/mol. The van der Waals surface area contributed by atoms with Gasteiger partial charge in [-0.2, -0.15) is 0 Å². The maximum absolute atomic E-state index is 5.33. The fraction of sp³-hybridized carbons (Fsp3) is 0.647. The van der Waals surface area contributed by atoms with Gasteiger partial charge in [-0.1, -0.05) is 25.1 Å². The highest BCUT2D eigenvalue weighted by atomic mass is 16.5. The molecule has 0 saturated carbocycles. The minimum atomic E-state index is 0.580. The van der Waals surface area contributed by atoms with Gasteiger partial charge < -0.3 is 15.0 Å². The average molecular weight is 276 g/mol. The minimum absolute atomic E-state index is 0.580. The summed E-state index contributed by atoms with van der Waals surface area (Å²) in [5, 5.41) is 3.66. The van der Waals surface area contributed by atoms with Crippen LogP contribution in [0.3, 0.4) is 0 Å². The summed E-state index contributed by atoms with van der Waals surface area (Å²) in [5.74, 6) is 0. The first-order chi connectivity index (χ1) is 9.76. The third kappa shape index (κ3) is 3.74. The Morgan fingerprint density at radius 3 is 2.85 bits per heavy atom. The molecule has 1 heterocycles. The highest BCUT2D eigenvalue weighted by molar-refractivity contribution is 5.54. The second-order valence-corrected chi connectivity index (χ2v) is 5.78. The number of anilines is 1. The number of nitrogens with one attached hydrogen (secondary N) is 1. The standard InChI is InChI=1S/C17H28N2O/c1-4-10-18-16-9-11-19(14(2)12-16)17-8-6-5-7-15(17)13-20-3/h5-8,14,16,18H,4,9-13H2,1-3H3. The van der Waals surface area contributed by atoms with E-state index in [1.54, 1.807) is 7.11 Å². The molecule has 0 bridgehead atoms. The Kier molecular flexibility index (Phi) is 5.86. The summed E-state index contributed by atoms with van der Waals surface area (Å²) in [5.41, 5.74) is 2.64. The molecule has 0 aliphatic carbocycles. The zero-order valence-electron chi connectivity index (χ0n) is 13.1. The van der Waals surface area contributed by atoms with E-state index in [-0.39, 0.29) is 0 Å². The molecule has 0 aromatic heterocycles. The van der Waals surface area contributed by atoms with Gasteiger partial charge in [0, 0.05) is 37.0 Å². The Morgan fingerprint density at radius 2 is 2.15 bits per heavy atom. The first kappa shape index (κ1) is 15.3. The van der Waals surface area contributed by atoms with Crippen LogP contribution in [0, 0.1) is 0 Å². The topological polar surface area (TPSA) is 24.5 Å². The average Bonchev–Trinajstić information content (AvgIpc) is 2.46. The molecule has 1 N–H and O–H groups in total. The lowest BCUT2D eigenvalue weighted by atomic mass is 9.96. The molecule has 0 radical (unpaired) electrons. The van der Waals surface area contributed by atoms with Crippen molar-refractivity contribution in [3.63, 3.8) is 0 Å². The summed E-state index contributed by atoms with van der Waals surface area (Å²) in [6, 6.07) is 9.88. The van der Waals surface area contributed by atoms with E-state index in [1.165, 1.54) is 30.5 Å². The first-order valence-corrected chi connectivity index (χ1v) is 7.83. The molecule has 2 atom stereocenters. The number of hydrogen-bond donors (Lipinski definition) is 1. The molecule has 1 aromatic carbocycles. The van der Waals surface area contributed by atoms with Crippen LogP contribution in [0.25, 0.3) is 0 Å². The number of benzene rings is 1. The van der Waals surface area contributed by atoms with Gasteiger partial charge in [0.2, 0.25) is 0 Å². The van der Waals surface area contributed by atoms with Crippen molar-refractivity contribution in [2.45, 2.75) is 51.8 Å². The van der Waals surface area contributed by atoms with Crippen LogP contribution in [0.4, 0.5) is 5.69 Å². The third-order valence-electron chi connectivity index (χ3n) is 4.16. The molecule has 2 unspecified atom stereocenters. The van der Waals surface area contributed by atoms with E-state index in [4.69, 9.17) is 4.74 Å². The summed E-state index contributed by atoms with van der Waals surface area (Å²) in [4.78, 5) is 2.54. The van der Waals surface area contributed by atoms with Crippen LogP contribution in [-0.2, 0) is 11.3 Å². The van der Waals surface area contributed by atoms with E-state index in [2.05, 4.69) is 48.3 Å². The van der Waals surface area contributed by atoms with Crippen LogP contribution in [0.5, 0.6) is 0 Å². The summed E-state index contributed by atoms with van der Waals surface area (Å²) in [6.45, 7) is 7.52. The van der Waals surface area contributed by atoms with Gasteiger partial charge in [0.1, 0.15) is 0 Å². The minimum Gasteiger partial charge on any atom is -0.380 e. The van der Waals surface area contributed by atoms with Crippen molar-refractivity contribution in [1.82, 2.24) is 5.32 Å². The first-order valence-electron chi connectivity index (χ1n) is 7.83. The lowest BCUT2D eigenvalue weighted by Crippen LogP contribution is -2.48. The molecular formula is C17H28N2O. The number of methoxy groups -OCH3 is 1. The Bertz CT molecular complexity index is 408. The van der Waals surface area contributed by atoms with E-state index in [0.29, 0.717) is 18.7 Å². The summed E-state index contributed by atoms with van der Waals surface area (Å²) in [6.07, 6.45) is 3.66. The molecular weight excluding hydrogens is 248 g/mol. The number of nitrogens with zero attached hydrogens (tertiary/aromatic N) is 1. The number of piperidine rings is 1. The van der Waals surface area contributed by atoms with Crippen LogP contribution in [0.1, 0.15) is 38.7 Å². The van der Waals surface area contributed by atoms with Gasteiger partial charge in [-0.05, 0) is 38.8 Å². The molecule has 3 heteroatoms. The molecule has 1 aliphatic rings. The maximum atomic E-state index is 5.33. The van der Waals surface area contributed by atoms with Gasteiger partial charge in [-0.3, -0.25) is 0 Å². The van der Waals surface area contributed by atoms with E-state index in [1.807, 2.05) is 0 Å². The van der Waals surface area contributed by atoms with Crippen LogP contribution in [-0.4, -0.2) is 32.3 Å². The lowest BCUT2D eigenvalue weighted by molar-refractivity contribution is 0.185. The molecule has 1 aliphatic heterocycles. The molecule has 0 spiro atoms. The molecule has 112 valence electrons. The number of para-hydroxylation sites is 1. The van der Waals surface area contributed by atoms with Gasteiger partial charge >= 0.3 is 0 Å². The molecule has 1 aromatic rings. The van der Waals surface area contributed by atoms with Crippen molar-refractivity contribution in [1.29, 1.82) is 0 Å². The zero-order valence-corrected chi connectivity index (χ0v) is 13.1. The van der Waals surface area contributed by atoms with Crippen molar-refractivity contribution in [3.05, 3.63) is 29.8 Å². The van der Waals surface area contributed by atoms with Crippen molar-refractivity contribution >= 4 is 5.69 Å². The number of hydrogen-bond acceptors (Lipinski definition) is 3. The predicted molar refractivity (Wildman–Crippen MR) is 85.3 cm³/mol. The van der Waals surface area contributed by atoms with Crippen LogP contribution in [0.2, 0.25) is 0 Å². The van der Waals surface area contributed by atoms with Crippen molar-refractivity contribution in [3.8, 4) is 0 Å². The maximum Gasteiger partial charge on any atom is 0.0733 e. The van der Waals surface area contributed by atoms with E-state index < -0.39 is 0 Å². The second-order valence-electron chi connectivity index (χ2n) is 5.78. The van der Waals surface area contributed by atoms with E-state index >= 15 is 0 Å². The van der Waals surface area contributed by atoms with Crippen LogP contribution < -0.4 is 10.2 Å². The quantitative estimate of drug-likeness (QED) is 0.863. The Labute approximate surface area is 123 Å². The lowest BCUT2D eigenvalue weighted by Gasteiger charge is -2.40. The Balaban J connectivity index is 2.03. The van der Waals surface area contributed by atoms with Crippen LogP contribution >= 0.6 is 0 Å². The normalized spacial score (nSPS) is 23.1. The van der Waals surface area contributed by atoms with Gasteiger partial charge in [0.05, 0.1) is 6.61 Å². The third-order valence-corrected chi connectivity index (χ3v) is 4.16. The summed E-state index contributed by atoms with van der Waals surface area (Å²) in [7, 11) is 1.76. The van der Waals surface area contributed by atoms with Gasteiger partial charge in [-0.25, -0.2) is 0 Å². The molecule has 20 heavy (non-hydrogen) atoms.